The lowest BCUT2D eigenvalue weighted by atomic mass is 9.80. The second-order valence-corrected chi connectivity index (χ2v) is 18.5. The topological polar surface area (TPSA) is 135 Å². The largest absolute Gasteiger partial charge is 0.444 e. The van der Waals surface area contributed by atoms with Gasteiger partial charge in [-0.25, -0.2) is 14.2 Å². The van der Waals surface area contributed by atoms with Gasteiger partial charge in [-0.1, -0.05) is 23.7 Å². The van der Waals surface area contributed by atoms with Crippen molar-refractivity contribution >= 4 is 29.5 Å². The van der Waals surface area contributed by atoms with Crippen molar-refractivity contribution in [2.24, 2.45) is 14.1 Å². The highest BCUT2D eigenvalue weighted by Gasteiger charge is 2.52. The van der Waals surface area contributed by atoms with Crippen LogP contribution in [0, 0.1) is 5.82 Å². The third-order valence-electron chi connectivity index (χ3n) is 12.9. The molecule has 3 N–H and O–H groups in total. The number of aryl methyl sites for hydroxylation is 2. The predicted octanol–water partition coefficient (Wildman–Crippen LogP) is 5.73. The molecule has 3 amide bonds. The lowest BCUT2D eigenvalue weighted by Gasteiger charge is -2.51. The molecule has 0 radical (unpaired) electrons. The van der Waals surface area contributed by atoms with Crippen LogP contribution in [0.4, 0.5) is 9.18 Å². The number of hydrogen-bond donors (Lipinski definition) is 3. The Morgan fingerprint density at radius 2 is 1.39 bits per heavy atom. The molecule has 5 aromatic rings. The van der Waals surface area contributed by atoms with Crippen LogP contribution < -0.4 is 16.0 Å². The Morgan fingerprint density at radius 3 is 1.97 bits per heavy atom. The van der Waals surface area contributed by atoms with E-state index in [1.165, 1.54) is 17.7 Å². The maximum atomic E-state index is 13.7. The second-order valence-electron chi connectivity index (χ2n) is 18.1. The fourth-order valence-corrected chi connectivity index (χ4v) is 10.3. The average Bonchev–Trinajstić information content (AvgIpc) is 3.63. The summed E-state index contributed by atoms with van der Waals surface area (Å²) in [5, 5.41) is 10.2. The van der Waals surface area contributed by atoms with Gasteiger partial charge in [0.1, 0.15) is 16.6 Å². The summed E-state index contributed by atoms with van der Waals surface area (Å²) in [5.41, 5.74) is 13.0. The SMILES string of the molecule is Cn1c2c(c3c1-c1cc(-c4cccc(F)c4)ncc1CC3)C(=O)NC1(CNC1)C2.Cn1c2c(c3c1-c1cc(Cl)ncc1CC3)C(=O)NC1(C2)CN(C(=O)OC(C)(C)C)C1. The van der Waals surface area contributed by atoms with Crippen molar-refractivity contribution < 1.29 is 23.5 Å². The lowest BCUT2D eigenvalue weighted by Crippen LogP contribution is -2.74. The fourth-order valence-electron chi connectivity index (χ4n) is 10.1. The van der Waals surface area contributed by atoms with Gasteiger partial charge < -0.3 is 34.7 Å². The molecule has 4 aromatic heterocycles. The quantitative estimate of drug-likeness (QED) is 0.184. The van der Waals surface area contributed by atoms with Crippen LogP contribution in [0.3, 0.4) is 0 Å². The van der Waals surface area contributed by atoms with Crippen molar-refractivity contribution in [1.29, 1.82) is 0 Å². The van der Waals surface area contributed by atoms with Crippen LogP contribution in [-0.4, -0.2) is 84.8 Å². The Labute approximate surface area is 346 Å². The number of ether oxygens (including phenoxy) is 1. The third kappa shape index (κ3) is 6.15. The Hall–Kier alpha value is -5.53. The normalized spacial score (nSPS) is 18.7. The zero-order chi connectivity index (χ0) is 41.2. The first-order valence-corrected chi connectivity index (χ1v) is 20.6. The molecule has 1 aromatic carbocycles. The number of carbonyl (C=O) groups is 3. The maximum Gasteiger partial charge on any atom is 0.410 e. The van der Waals surface area contributed by atoms with Crippen molar-refractivity contribution in [2.45, 2.75) is 76.0 Å². The van der Waals surface area contributed by atoms with Crippen molar-refractivity contribution in [3.63, 3.8) is 0 Å². The van der Waals surface area contributed by atoms with Crippen molar-refractivity contribution in [3.05, 3.63) is 105 Å². The van der Waals surface area contributed by atoms with E-state index in [1.54, 1.807) is 11.0 Å². The zero-order valence-electron chi connectivity index (χ0n) is 33.8. The van der Waals surface area contributed by atoms with Gasteiger partial charge in [-0.05, 0) is 93.0 Å². The molecule has 2 spiro atoms. The number of pyridine rings is 2. The van der Waals surface area contributed by atoms with E-state index in [4.69, 9.17) is 16.3 Å². The van der Waals surface area contributed by atoms with E-state index in [0.29, 0.717) is 24.7 Å². The van der Waals surface area contributed by atoms with Gasteiger partial charge in [-0.3, -0.25) is 14.6 Å². The van der Waals surface area contributed by atoms with Gasteiger partial charge in [0, 0.05) is 93.6 Å². The summed E-state index contributed by atoms with van der Waals surface area (Å²) in [4.78, 5) is 49.0. The number of fused-ring (bicyclic) bond motifs is 10. The van der Waals surface area contributed by atoms with Gasteiger partial charge in [0.2, 0.25) is 0 Å². The maximum absolute atomic E-state index is 13.7. The molecule has 304 valence electrons. The van der Waals surface area contributed by atoms with Crippen LogP contribution in [0.25, 0.3) is 33.8 Å². The number of aromatic nitrogens is 4. The number of halogens is 2. The third-order valence-corrected chi connectivity index (χ3v) is 13.1. The molecule has 0 saturated carbocycles. The highest BCUT2D eigenvalue weighted by molar-refractivity contribution is 6.29. The first-order valence-electron chi connectivity index (χ1n) is 20.3. The molecule has 12 nitrogen and oxygen atoms in total. The molecular weight excluding hydrogens is 771 g/mol. The minimum Gasteiger partial charge on any atom is -0.444 e. The molecule has 0 atom stereocenters. The molecule has 2 fully saturated rings. The molecule has 59 heavy (non-hydrogen) atoms. The summed E-state index contributed by atoms with van der Waals surface area (Å²) in [6.07, 6.45) is 8.27. The summed E-state index contributed by atoms with van der Waals surface area (Å²) in [5.74, 6) is -0.277. The molecule has 0 unspecified atom stereocenters. The van der Waals surface area contributed by atoms with Crippen molar-refractivity contribution in [1.82, 2.24) is 40.0 Å². The van der Waals surface area contributed by atoms with Crippen LogP contribution in [0.5, 0.6) is 0 Å². The first kappa shape index (κ1) is 37.7. The summed E-state index contributed by atoms with van der Waals surface area (Å²) in [6, 6.07) is 10.5. The molecule has 8 heterocycles. The van der Waals surface area contributed by atoms with Crippen molar-refractivity contribution in [3.8, 4) is 33.8 Å². The number of benzene rings is 1. The standard InChI is InChI=1S/C23H21FN4O.C22H25ClN4O3/c1-28-19-9-23(11-25-12-23)27-22(29)20(19)16-6-5-14-10-26-18(8-17(14)21(16)28)13-3-2-4-15(24)7-13;1-21(2,3)30-20(29)27-10-22(11-27)8-15-17(19(28)25-22)13-6-5-12-9-24-16(23)7-14(12)18(13)26(15)4/h2-4,7-8,10,25H,5-6,9,11-12H2,1H3,(H,27,29);7,9H,5-6,8,10-11H2,1-4H3,(H,25,28). The van der Waals surface area contributed by atoms with E-state index in [0.717, 1.165) is 118 Å². The average molecular weight is 817 g/mol. The van der Waals surface area contributed by atoms with Gasteiger partial charge >= 0.3 is 6.09 Å². The smallest absolute Gasteiger partial charge is 0.410 e. The van der Waals surface area contributed by atoms with E-state index >= 15 is 0 Å². The molecule has 14 heteroatoms. The summed E-state index contributed by atoms with van der Waals surface area (Å²) in [6.45, 7) is 8.09. The predicted molar refractivity (Wildman–Crippen MR) is 221 cm³/mol. The Balaban J connectivity index is 0.000000143. The molecule has 0 bridgehead atoms. The minimum atomic E-state index is -0.538. The monoisotopic (exact) mass is 816 g/mol. The molecule has 11 rings (SSSR count). The molecule has 2 aliphatic carbocycles. The number of hydrogen-bond acceptors (Lipinski definition) is 7. The highest BCUT2D eigenvalue weighted by Crippen LogP contribution is 2.44. The number of nitrogens with zero attached hydrogens (tertiary/aromatic N) is 5. The van der Waals surface area contributed by atoms with Crippen LogP contribution in [-0.2, 0) is 57.4 Å². The molecule has 4 aliphatic heterocycles. The lowest BCUT2D eigenvalue weighted by molar-refractivity contribution is -0.0170. The zero-order valence-corrected chi connectivity index (χ0v) is 34.6. The summed E-state index contributed by atoms with van der Waals surface area (Å²) >= 11 is 6.17. The first-order chi connectivity index (χ1) is 28.1. The van der Waals surface area contributed by atoms with Crippen LogP contribution >= 0.6 is 11.6 Å². The highest BCUT2D eigenvalue weighted by atomic mass is 35.5. The number of rotatable bonds is 1. The van der Waals surface area contributed by atoms with Crippen molar-refractivity contribution in [2.75, 3.05) is 26.2 Å². The number of carbonyl (C=O) groups excluding carboxylic acids is 3. The molecule has 2 saturated heterocycles. The van der Waals surface area contributed by atoms with E-state index in [2.05, 4.69) is 42.1 Å². The van der Waals surface area contributed by atoms with Gasteiger partial charge in [-0.15, -0.1) is 0 Å². The van der Waals surface area contributed by atoms with E-state index in [-0.39, 0.29) is 29.3 Å². The molecular formula is C45H46ClFN8O4. The Morgan fingerprint density at radius 1 is 0.814 bits per heavy atom. The summed E-state index contributed by atoms with van der Waals surface area (Å²) in [7, 11) is 4.07. The molecule has 6 aliphatic rings. The minimum absolute atomic E-state index is 0.0486. The van der Waals surface area contributed by atoms with E-state index in [1.807, 2.05) is 58.4 Å². The summed E-state index contributed by atoms with van der Waals surface area (Å²) < 4.78 is 23.5. The fraction of sp³-hybridized carbons (Fsp3) is 0.400. The van der Waals surface area contributed by atoms with Gasteiger partial charge in [0.05, 0.1) is 39.3 Å². The van der Waals surface area contributed by atoms with Crippen LogP contribution in [0.15, 0.2) is 48.8 Å². The van der Waals surface area contributed by atoms with E-state index < -0.39 is 11.1 Å². The van der Waals surface area contributed by atoms with E-state index in [9.17, 15) is 18.8 Å². The van der Waals surface area contributed by atoms with Crippen LogP contribution in [0.2, 0.25) is 5.15 Å². The van der Waals surface area contributed by atoms with Crippen LogP contribution in [0.1, 0.15) is 75.1 Å². The second kappa shape index (κ2) is 13.2. The number of likely N-dealkylation sites (tertiary alicyclic amines) is 1. The van der Waals surface area contributed by atoms with Gasteiger partial charge in [-0.2, -0.15) is 0 Å². The number of nitrogens with one attached hydrogen (secondary N) is 3. The van der Waals surface area contributed by atoms with Gasteiger partial charge in [0.25, 0.3) is 11.8 Å². The van der Waals surface area contributed by atoms with Gasteiger partial charge in [0.15, 0.2) is 0 Å². The Kier molecular flexibility index (Phi) is 8.46. The number of amides is 3. The Bertz CT molecular complexity index is 2650.